The molecule has 0 radical (unpaired) electrons. The number of anilines is 1. The number of benzene rings is 1. The van der Waals surface area contributed by atoms with Gasteiger partial charge in [0.15, 0.2) is 5.15 Å². The second-order valence-corrected chi connectivity index (χ2v) is 6.79. The second kappa shape index (κ2) is 8.43. The van der Waals surface area contributed by atoms with Crippen LogP contribution in [0, 0.1) is 6.92 Å². The minimum absolute atomic E-state index is 0.0537. The van der Waals surface area contributed by atoms with Crippen molar-refractivity contribution in [3.05, 3.63) is 58.9 Å². The Bertz CT molecular complexity index is 729. The summed E-state index contributed by atoms with van der Waals surface area (Å²) in [7, 11) is 0. The number of pyridine rings is 1. The van der Waals surface area contributed by atoms with Gasteiger partial charge in [-0.25, -0.2) is 4.98 Å². The van der Waals surface area contributed by atoms with Crippen molar-refractivity contribution >= 4 is 23.2 Å². The first-order chi connectivity index (χ1) is 12.1. The van der Waals surface area contributed by atoms with Gasteiger partial charge in [-0.05, 0) is 24.6 Å². The molecule has 1 aliphatic heterocycles. The van der Waals surface area contributed by atoms with Gasteiger partial charge >= 0.3 is 0 Å². The fraction of sp³-hybridized carbons (Fsp3) is 0.368. The quantitative estimate of drug-likeness (QED) is 0.835. The summed E-state index contributed by atoms with van der Waals surface area (Å²) >= 11 is 5.97. The highest BCUT2D eigenvalue weighted by Crippen LogP contribution is 2.17. The highest BCUT2D eigenvalue weighted by molar-refractivity contribution is 6.32. The highest BCUT2D eigenvalue weighted by atomic mass is 35.5. The number of carbonyl (C=O) groups excluding carboxylic acids is 1. The summed E-state index contributed by atoms with van der Waals surface area (Å²) in [6.07, 6.45) is 1.60. The maximum Gasteiger partial charge on any atom is 0.238 e. The molecule has 132 valence electrons. The molecule has 6 heteroatoms. The van der Waals surface area contributed by atoms with Gasteiger partial charge in [-0.15, -0.1) is 0 Å². The Balaban J connectivity index is 1.44. The first kappa shape index (κ1) is 17.9. The van der Waals surface area contributed by atoms with E-state index in [0.29, 0.717) is 17.4 Å². The molecule has 0 unspecified atom stereocenters. The Morgan fingerprint density at radius 2 is 1.92 bits per heavy atom. The molecule has 1 aliphatic rings. The lowest BCUT2D eigenvalue weighted by atomic mass is 10.1. The Hall–Kier alpha value is -1.95. The fourth-order valence-electron chi connectivity index (χ4n) is 3.05. The molecule has 1 saturated heterocycles. The molecule has 1 aromatic carbocycles. The predicted octanol–water partition coefficient (Wildman–Crippen LogP) is 2.80. The third-order valence-electron chi connectivity index (χ3n) is 4.35. The molecular weight excluding hydrogens is 336 g/mol. The van der Waals surface area contributed by atoms with Crippen LogP contribution in [0.2, 0.25) is 5.15 Å². The van der Waals surface area contributed by atoms with Gasteiger partial charge in [0.1, 0.15) is 0 Å². The smallest absolute Gasteiger partial charge is 0.238 e. The van der Waals surface area contributed by atoms with Crippen LogP contribution in [0.25, 0.3) is 0 Å². The lowest BCUT2D eigenvalue weighted by molar-refractivity contribution is -0.117. The lowest BCUT2D eigenvalue weighted by Gasteiger charge is -2.34. The number of aromatic nitrogens is 1. The topological polar surface area (TPSA) is 48.5 Å². The number of halogens is 1. The zero-order chi connectivity index (χ0) is 17.6. The second-order valence-electron chi connectivity index (χ2n) is 6.43. The zero-order valence-corrected chi connectivity index (χ0v) is 15.2. The summed E-state index contributed by atoms with van der Waals surface area (Å²) in [5, 5.41) is 3.14. The standard InChI is InChI=1S/C19H23ClN4O/c1-15-4-2-5-16(12-15)13-23-8-10-24(11-9-23)14-18(25)22-17-6-3-7-21-19(17)20/h2-7,12H,8-11,13-14H2,1H3,(H,22,25). The number of hydrogen-bond acceptors (Lipinski definition) is 4. The summed E-state index contributed by atoms with van der Waals surface area (Å²) in [5.74, 6) is -0.0537. The van der Waals surface area contributed by atoms with E-state index >= 15 is 0 Å². The van der Waals surface area contributed by atoms with E-state index < -0.39 is 0 Å². The molecule has 0 atom stereocenters. The normalized spacial score (nSPS) is 15.9. The van der Waals surface area contributed by atoms with Gasteiger partial charge in [0.05, 0.1) is 12.2 Å². The number of nitrogens with one attached hydrogen (secondary N) is 1. The first-order valence-electron chi connectivity index (χ1n) is 8.51. The van der Waals surface area contributed by atoms with Gasteiger partial charge in [-0.2, -0.15) is 0 Å². The maximum absolute atomic E-state index is 12.2. The van der Waals surface area contributed by atoms with Crippen molar-refractivity contribution < 1.29 is 4.79 Å². The van der Waals surface area contributed by atoms with Crippen LogP contribution in [0.5, 0.6) is 0 Å². The van der Waals surface area contributed by atoms with E-state index in [2.05, 4.69) is 51.3 Å². The van der Waals surface area contributed by atoms with Crippen LogP contribution in [-0.2, 0) is 11.3 Å². The number of amides is 1. The number of carbonyl (C=O) groups is 1. The lowest BCUT2D eigenvalue weighted by Crippen LogP contribution is -2.48. The van der Waals surface area contributed by atoms with Gasteiger partial charge in [0.25, 0.3) is 0 Å². The average Bonchev–Trinajstić information content (AvgIpc) is 2.59. The van der Waals surface area contributed by atoms with Crippen LogP contribution >= 0.6 is 11.6 Å². The van der Waals surface area contributed by atoms with E-state index in [1.54, 1.807) is 18.3 Å². The molecule has 0 bridgehead atoms. The number of piperazine rings is 1. The number of nitrogens with zero attached hydrogens (tertiary/aromatic N) is 3. The molecule has 3 rings (SSSR count). The third kappa shape index (κ3) is 5.26. The van der Waals surface area contributed by atoms with Crippen molar-refractivity contribution in [3.8, 4) is 0 Å². The Morgan fingerprint density at radius 3 is 2.64 bits per heavy atom. The van der Waals surface area contributed by atoms with Gasteiger partial charge < -0.3 is 5.32 Å². The van der Waals surface area contributed by atoms with Crippen molar-refractivity contribution in [2.45, 2.75) is 13.5 Å². The molecule has 0 saturated carbocycles. The van der Waals surface area contributed by atoms with E-state index in [0.717, 1.165) is 32.7 Å². The van der Waals surface area contributed by atoms with Gasteiger partial charge in [-0.1, -0.05) is 41.4 Å². The van der Waals surface area contributed by atoms with E-state index in [9.17, 15) is 4.79 Å². The van der Waals surface area contributed by atoms with Crippen molar-refractivity contribution in [1.29, 1.82) is 0 Å². The van der Waals surface area contributed by atoms with Crippen LogP contribution in [0.15, 0.2) is 42.6 Å². The van der Waals surface area contributed by atoms with Gasteiger partial charge in [0.2, 0.25) is 5.91 Å². The maximum atomic E-state index is 12.2. The molecule has 25 heavy (non-hydrogen) atoms. The van der Waals surface area contributed by atoms with Crippen molar-refractivity contribution in [2.24, 2.45) is 0 Å². The monoisotopic (exact) mass is 358 g/mol. The van der Waals surface area contributed by atoms with Crippen LogP contribution in [0.4, 0.5) is 5.69 Å². The summed E-state index contributed by atoms with van der Waals surface area (Å²) in [6.45, 7) is 7.18. The third-order valence-corrected chi connectivity index (χ3v) is 4.66. The Morgan fingerprint density at radius 1 is 1.16 bits per heavy atom. The average molecular weight is 359 g/mol. The highest BCUT2D eigenvalue weighted by Gasteiger charge is 2.19. The zero-order valence-electron chi connectivity index (χ0n) is 14.4. The predicted molar refractivity (Wildman–Crippen MR) is 101 cm³/mol. The van der Waals surface area contributed by atoms with E-state index in [1.165, 1.54) is 11.1 Å². The van der Waals surface area contributed by atoms with Crippen LogP contribution in [0.3, 0.4) is 0 Å². The fourth-order valence-corrected chi connectivity index (χ4v) is 3.21. The summed E-state index contributed by atoms with van der Waals surface area (Å²) in [4.78, 5) is 20.8. The molecule has 1 aromatic heterocycles. The van der Waals surface area contributed by atoms with Crippen LogP contribution in [0.1, 0.15) is 11.1 Å². The van der Waals surface area contributed by atoms with Gasteiger partial charge in [-0.3, -0.25) is 14.6 Å². The minimum atomic E-state index is -0.0537. The molecule has 0 aliphatic carbocycles. The van der Waals surface area contributed by atoms with E-state index in [4.69, 9.17) is 11.6 Å². The molecule has 1 amide bonds. The number of rotatable bonds is 5. The molecule has 1 N–H and O–H groups in total. The van der Waals surface area contributed by atoms with Crippen molar-refractivity contribution in [2.75, 3.05) is 38.0 Å². The molecule has 0 spiro atoms. The Labute approximate surface area is 153 Å². The molecule has 1 fully saturated rings. The first-order valence-corrected chi connectivity index (χ1v) is 8.88. The van der Waals surface area contributed by atoms with Crippen LogP contribution in [-0.4, -0.2) is 53.4 Å². The Kier molecular flexibility index (Phi) is 6.02. The van der Waals surface area contributed by atoms with E-state index in [1.807, 2.05) is 0 Å². The van der Waals surface area contributed by atoms with Crippen molar-refractivity contribution in [3.63, 3.8) is 0 Å². The molecule has 2 aromatic rings. The number of hydrogen-bond donors (Lipinski definition) is 1. The molecule has 5 nitrogen and oxygen atoms in total. The van der Waals surface area contributed by atoms with Crippen LogP contribution < -0.4 is 5.32 Å². The largest absolute Gasteiger partial charge is 0.322 e. The summed E-state index contributed by atoms with van der Waals surface area (Å²) in [5.41, 5.74) is 3.20. The minimum Gasteiger partial charge on any atom is -0.322 e. The SMILES string of the molecule is Cc1cccc(CN2CCN(CC(=O)Nc3cccnc3Cl)CC2)c1. The molecule has 2 heterocycles. The molecular formula is C19H23ClN4O. The number of aryl methyl sites for hydroxylation is 1. The summed E-state index contributed by atoms with van der Waals surface area (Å²) in [6, 6.07) is 12.1. The van der Waals surface area contributed by atoms with Gasteiger partial charge in [0, 0.05) is 38.9 Å². The van der Waals surface area contributed by atoms with Crippen molar-refractivity contribution in [1.82, 2.24) is 14.8 Å². The van der Waals surface area contributed by atoms with E-state index in [-0.39, 0.29) is 5.91 Å². The summed E-state index contributed by atoms with van der Waals surface area (Å²) < 4.78 is 0.